The van der Waals surface area contributed by atoms with Gasteiger partial charge in [0.15, 0.2) is 11.7 Å². The third-order valence-corrected chi connectivity index (χ3v) is 3.04. The van der Waals surface area contributed by atoms with Crippen LogP contribution in [0.5, 0.6) is 0 Å². The van der Waals surface area contributed by atoms with E-state index in [1.54, 1.807) is 24.4 Å². The SMILES string of the molecule is CC(C)NCCCc1ncc(-c2ccccc2[N+](=O)[O-])o1. The minimum absolute atomic E-state index is 0.0293. The zero-order valence-electron chi connectivity index (χ0n) is 12.2. The van der Waals surface area contributed by atoms with Crippen LogP contribution in [0.15, 0.2) is 34.9 Å². The highest BCUT2D eigenvalue weighted by Crippen LogP contribution is 2.29. The Morgan fingerprint density at radius 2 is 2.14 bits per heavy atom. The van der Waals surface area contributed by atoms with E-state index in [9.17, 15) is 10.1 Å². The number of para-hydroxylation sites is 1. The van der Waals surface area contributed by atoms with Crippen molar-refractivity contribution >= 4 is 5.69 Å². The molecule has 0 bridgehead atoms. The number of aryl methyl sites for hydroxylation is 1. The molecule has 2 rings (SSSR count). The first kappa shape index (κ1) is 15.2. The third kappa shape index (κ3) is 4.13. The van der Waals surface area contributed by atoms with Gasteiger partial charge < -0.3 is 9.73 Å². The van der Waals surface area contributed by atoms with Crippen LogP contribution < -0.4 is 5.32 Å². The zero-order valence-corrected chi connectivity index (χ0v) is 12.2. The molecule has 0 amide bonds. The van der Waals surface area contributed by atoms with Crippen molar-refractivity contribution in [3.63, 3.8) is 0 Å². The monoisotopic (exact) mass is 289 g/mol. The molecular formula is C15H19N3O3. The number of benzene rings is 1. The number of hydrogen-bond donors (Lipinski definition) is 1. The molecule has 6 nitrogen and oxygen atoms in total. The average molecular weight is 289 g/mol. The summed E-state index contributed by atoms with van der Waals surface area (Å²) < 4.78 is 5.62. The first-order valence-corrected chi connectivity index (χ1v) is 7.00. The molecule has 112 valence electrons. The highest BCUT2D eigenvalue weighted by molar-refractivity contribution is 5.68. The molecule has 0 aliphatic carbocycles. The van der Waals surface area contributed by atoms with Crippen LogP contribution in [-0.4, -0.2) is 22.5 Å². The second-order valence-corrected chi connectivity index (χ2v) is 5.10. The van der Waals surface area contributed by atoms with E-state index in [2.05, 4.69) is 24.1 Å². The molecule has 0 saturated heterocycles. The molecule has 0 spiro atoms. The first-order valence-electron chi connectivity index (χ1n) is 7.00. The van der Waals surface area contributed by atoms with Gasteiger partial charge in [0, 0.05) is 18.5 Å². The highest BCUT2D eigenvalue weighted by Gasteiger charge is 2.17. The van der Waals surface area contributed by atoms with Crippen LogP contribution in [0, 0.1) is 10.1 Å². The van der Waals surface area contributed by atoms with Crippen LogP contribution in [0.2, 0.25) is 0 Å². The number of nitrogens with zero attached hydrogens (tertiary/aromatic N) is 2. The van der Waals surface area contributed by atoms with Crippen LogP contribution in [0.1, 0.15) is 26.2 Å². The Morgan fingerprint density at radius 3 is 2.86 bits per heavy atom. The van der Waals surface area contributed by atoms with Gasteiger partial charge in [0.05, 0.1) is 16.7 Å². The molecule has 0 atom stereocenters. The summed E-state index contributed by atoms with van der Waals surface area (Å²) in [6.07, 6.45) is 3.17. The normalized spacial score (nSPS) is 11.0. The molecule has 0 fully saturated rings. The van der Waals surface area contributed by atoms with Crippen molar-refractivity contribution in [2.24, 2.45) is 0 Å². The van der Waals surface area contributed by atoms with E-state index in [1.165, 1.54) is 6.07 Å². The van der Waals surface area contributed by atoms with Gasteiger partial charge in [-0.25, -0.2) is 4.98 Å². The zero-order chi connectivity index (χ0) is 15.2. The van der Waals surface area contributed by atoms with E-state index in [0.717, 1.165) is 13.0 Å². The fraction of sp³-hybridized carbons (Fsp3) is 0.400. The number of aromatic nitrogens is 1. The quantitative estimate of drug-likeness (QED) is 0.481. The summed E-state index contributed by atoms with van der Waals surface area (Å²) in [5.74, 6) is 1.04. The van der Waals surface area contributed by atoms with Gasteiger partial charge in [-0.15, -0.1) is 0 Å². The molecule has 0 saturated carbocycles. The molecule has 1 aromatic carbocycles. The van der Waals surface area contributed by atoms with Crippen molar-refractivity contribution < 1.29 is 9.34 Å². The lowest BCUT2D eigenvalue weighted by molar-refractivity contribution is -0.384. The van der Waals surface area contributed by atoms with Gasteiger partial charge in [-0.1, -0.05) is 26.0 Å². The van der Waals surface area contributed by atoms with E-state index in [4.69, 9.17) is 4.42 Å². The number of rotatable bonds is 7. The van der Waals surface area contributed by atoms with Crippen LogP contribution in [-0.2, 0) is 6.42 Å². The predicted octanol–water partition coefficient (Wildman–Crippen LogP) is 3.18. The Balaban J connectivity index is 2.05. The van der Waals surface area contributed by atoms with Gasteiger partial charge in [-0.2, -0.15) is 0 Å². The molecule has 0 aliphatic heterocycles. The minimum Gasteiger partial charge on any atom is -0.440 e. The van der Waals surface area contributed by atoms with Crippen molar-refractivity contribution in [1.82, 2.24) is 10.3 Å². The summed E-state index contributed by atoms with van der Waals surface area (Å²) in [6.45, 7) is 5.08. The molecule has 0 radical (unpaired) electrons. The maximum absolute atomic E-state index is 11.0. The van der Waals surface area contributed by atoms with Crippen LogP contribution in [0.25, 0.3) is 11.3 Å². The fourth-order valence-electron chi connectivity index (χ4n) is 2.02. The van der Waals surface area contributed by atoms with Crippen LogP contribution in [0.4, 0.5) is 5.69 Å². The molecule has 21 heavy (non-hydrogen) atoms. The number of oxazole rings is 1. The third-order valence-electron chi connectivity index (χ3n) is 3.04. The van der Waals surface area contributed by atoms with Crippen molar-refractivity contribution in [1.29, 1.82) is 0 Å². The summed E-state index contributed by atoms with van der Waals surface area (Å²) in [5.41, 5.74) is 0.489. The molecule has 1 aromatic heterocycles. The van der Waals surface area contributed by atoms with Crippen molar-refractivity contribution in [3.05, 3.63) is 46.5 Å². The van der Waals surface area contributed by atoms with E-state index in [0.29, 0.717) is 29.7 Å². The number of nitro benzene ring substituents is 1. The Morgan fingerprint density at radius 1 is 1.38 bits per heavy atom. The summed E-state index contributed by atoms with van der Waals surface area (Å²) >= 11 is 0. The second kappa shape index (κ2) is 6.99. The summed E-state index contributed by atoms with van der Waals surface area (Å²) in [4.78, 5) is 14.8. The smallest absolute Gasteiger partial charge is 0.280 e. The average Bonchev–Trinajstić information content (AvgIpc) is 2.92. The molecule has 6 heteroatoms. The lowest BCUT2D eigenvalue weighted by atomic mass is 10.1. The molecule has 0 aliphatic rings. The fourth-order valence-corrected chi connectivity index (χ4v) is 2.02. The number of nitro groups is 1. The van der Waals surface area contributed by atoms with E-state index < -0.39 is 4.92 Å². The highest BCUT2D eigenvalue weighted by atomic mass is 16.6. The topological polar surface area (TPSA) is 81.2 Å². The maximum atomic E-state index is 11.0. The number of hydrogen-bond acceptors (Lipinski definition) is 5. The summed E-state index contributed by atoms with van der Waals surface area (Å²) in [6, 6.07) is 6.97. The largest absolute Gasteiger partial charge is 0.440 e. The van der Waals surface area contributed by atoms with Gasteiger partial charge >= 0.3 is 0 Å². The minimum atomic E-state index is -0.413. The molecule has 2 aromatic rings. The number of nitrogens with one attached hydrogen (secondary N) is 1. The maximum Gasteiger partial charge on any atom is 0.280 e. The van der Waals surface area contributed by atoms with Gasteiger partial charge in [-0.3, -0.25) is 10.1 Å². The van der Waals surface area contributed by atoms with Crippen LogP contribution >= 0.6 is 0 Å². The Hall–Kier alpha value is -2.21. The van der Waals surface area contributed by atoms with E-state index >= 15 is 0 Å². The van der Waals surface area contributed by atoms with Gasteiger partial charge in [0.2, 0.25) is 0 Å². The van der Waals surface area contributed by atoms with Crippen molar-refractivity contribution in [3.8, 4) is 11.3 Å². The van der Waals surface area contributed by atoms with Gasteiger partial charge in [0.25, 0.3) is 5.69 Å². The van der Waals surface area contributed by atoms with Gasteiger partial charge in [-0.05, 0) is 19.0 Å². The van der Waals surface area contributed by atoms with E-state index in [-0.39, 0.29) is 5.69 Å². The Bertz CT molecular complexity index is 608. The summed E-state index contributed by atoms with van der Waals surface area (Å²) in [7, 11) is 0. The van der Waals surface area contributed by atoms with Crippen molar-refractivity contribution in [2.75, 3.05) is 6.54 Å². The molecule has 0 unspecified atom stereocenters. The van der Waals surface area contributed by atoms with Gasteiger partial charge in [0.1, 0.15) is 0 Å². The van der Waals surface area contributed by atoms with Crippen molar-refractivity contribution in [2.45, 2.75) is 32.7 Å². The predicted molar refractivity (Wildman–Crippen MR) is 80.1 cm³/mol. The first-order chi connectivity index (χ1) is 10.1. The molecule has 1 N–H and O–H groups in total. The van der Waals surface area contributed by atoms with E-state index in [1.807, 2.05) is 0 Å². The summed E-state index contributed by atoms with van der Waals surface area (Å²) in [5, 5.41) is 14.3. The van der Waals surface area contributed by atoms with Crippen LogP contribution in [0.3, 0.4) is 0 Å². The molecular weight excluding hydrogens is 270 g/mol. The molecule has 1 heterocycles. The Labute approximate surface area is 123 Å². The second-order valence-electron chi connectivity index (χ2n) is 5.10. The Kier molecular flexibility index (Phi) is 5.05. The lowest BCUT2D eigenvalue weighted by Gasteiger charge is -2.05. The standard InChI is InChI=1S/C15H19N3O3/c1-11(2)16-9-5-8-15-17-10-14(21-15)12-6-3-4-7-13(12)18(19)20/h3-4,6-7,10-11,16H,5,8-9H2,1-2H3. The lowest BCUT2D eigenvalue weighted by Crippen LogP contribution is -2.23.